The van der Waals surface area contributed by atoms with Crippen molar-refractivity contribution >= 4 is 39.8 Å². The van der Waals surface area contributed by atoms with E-state index in [4.69, 9.17) is 14.2 Å². The van der Waals surface area contributed by atoms with Crippen molar-refractivity contribution in [3.05, 3.63) is 70.1 Å². The summed E-state index contributed by atoms with van der Waals surface area (Å²) in [5.41, 5.74) is 1.83. The Kier molecular flexibility index (Phi) is 7.68. The lowest BCUT2D eigenvalue weighted by Crippen LogP contribution is -2.16. The second-order valence-corrected chi connectivity index (χ2v) is 8.00. The number of hydrogen-bond donors (Lipinski definition) is 2. The van der Waals surface area contributed by atoms with Crippen molar-refractivity contribution in [3.63, 3.8) is 0 Å². The third-order valence-corrected chi connectivity index (χ3v) is 6.08. The second kappa shape index (κ2) is 10.6. The molecule has 0 aliphatic heterocycles. The highest BCUT2D eigenvalue weighted by molar-refractivity contribution is 7.19. The fourth-order valence-corrected chi connectivity index (χ4v) is 4.30. The van der Waals surface area contributed by atoms with Crippen molar-refractivity contribution in [2.75, 3.05) is 32.0 Å². The van der Waals surface area contributed by atoms with Crippen LogP contribution >= 0.6 is 11.3 Å². The van der Waals surface area contributed by atoms with E-state index in [1.807, 2.05) is 0 Å². The molecule has 172 valence electrons. The smallest absolute Gasteiger partial charge is 0.341 e. The normalized spacial score (nSPS) is 10.3. The predicted molar refractivity (Wildman–Crippen MR) is 127 cm³/mol. The van der Waals surface area contributed by atoms with E-state index in [1.54, 1.807) is 62.6 Å². The molecule has 0 fully saturated rings. The maximum absolute atomic E-state index is 13.0. The van der Waals surface area contributed by atoms with E-state index in [1.165, 1.54) is 14.2 Å². The average Bonchev–Trinajstić information content (AvgIpc) is 3.14. The Bertz CT molecular complexity index is 1170. The molecule has 2 aromatic carbocycles. The number of para-hydroxylation sites is 2. The standard InChI is InChI=1S/C24H24N2O6S/c1-14-20(24(29)32-4)23(26-19(27)13-15-9-11-16(30-2)12-10-15)33-21(14)22(28)25-17-7-5-6-8-18(17)31-3/h5-12H,13H2,1-4H3,(H,25,28)(H,26,27). The summed E-state index contributed by atoms with van der Waals surface area (Å²) in [6.45, 7) is 1.64. The van der Waals surface area contributed by atoms with Gasteiger partial charge in [-0.2, -0.15) is 0 Å². The first-order valence-electron chi connectivity index (χ1n) is 9.96. The van der Waals surface area contributed by atoms with E-state index in [9.17, 15) is 14.4 Å². The van der Waals surface area contributed by atoms with Crippen molar-refractivity contribution in [1.82, 2.24) is 0 Å². The molecule has 0 bridgehead atoms. The Balaban J connectivity index is 1.85. The molecule has 0 atom stereocenters. The Labute approximate surface area is 195 Å². The lowest BCUT2D eigenvalue weighted by atomic mass is 10.1. The maximum atomic E-state index is 13.0. The molecule has 2 N–H and O–H groups in total. The van der Waals surface area contributed by atoms with Gasteiger partial charge in [-0.15, -0.1) is 11.3 Å². The number of hydrogen-bond acceptors (Lipinski definition) is 7. The highest BCUT2D eigenvalue weighted by Gasteiger charge is 2.26. The lowest BCUT2D eigenvalue weighted by molar-refractivity contribution is -0.115. The third-order valence-electron chi connectivity index (χ3n) is 4.87. The summed E-state index contributed by atoms with van der Waals surface area (Å²) in [4.78, 5) is 38.3. The number of anilines is 2. The van der Waals surface area contributed by atoms with E-state index >= 15 is 0 Å². The molecule has 0 saturated heterocycles. The van der Waals surface area contributed by atoms with Crippen LogP contribution in [0, 0.1) is 6.92 Å². The van der Waals surface area contributed by atoms with Crippen LogP contribution in [-0.4, -0.2) is 39.1 Å². The summed E-state index contributed by atoms with van der Waals surface area (Å²) < 4.78 is 15.3. The molecule has 1 heterocycles. The number of esters is 1. The summed E-state index contributed by atoms with van der Waals surface area (Å²) in [5, 5.41) is 5.79. The zero-order valence-corrected chi connectivity index (χ0v) is 19.5. The summed E-state index contributed by atoms with van der Waals surface area (Å²) >= 11 is 1.01. The molecule has 3 aromatic rings. The molecule has 3 rings (SSSR count). The van der Waals surface area contributed by atoms with Gasteiger partial charge in [-0.05, 0) is 42.3 Å². The van der Waals surface area contributed by atoms with Gasteiger partial charge >= 0.3 is 5.97 Å². The highest BCUT2D eigenvalue weighted by atomic mass is 32.1. The SMILES string of the molecule is COC(=O)c1c(NC(=O)Cc2ccc(OC)cc2)sc(C(=O)Nc2ccccc2OC)c1C. The van der Waals surface area contributed by atoms with E-state index in [-0.39, 0.29) is 27.8 Å². The van der Waals surface area contributed by atoms with Crippen molar-refractivity contribution in [2.45, 2.75) is 13.3 Å². The fraction of sp³-hybridized carbons (Fsp3) is 0.208. The number of carbonyl (C=O) groups is 3. The highest BCUT2D eigenvalue weighted by Crippen LogP contribution is 2.35. The first kappa shape index (κ1) is 23.8. The largest absolute Gasteiger partial charge is 0.497 e. The topological polar surface area (TPSA) is 103 Å². The van der Waals surface area contributed by atoms with Crippen LogP contribution in [0.15, 0.2) is 48.5 Å². The molecule has 0 aliphatic carbocycles. The summed E-state index contributed by atoms with van der Waals surface area (Å²) in [6.07, 6.45) is 0.0876. The monoisotopic (exact) mass is 468 g/mol. The van der Waals surface area contributed by atoms with Gasteiger partial charge in [0, 0.05) is 0 Å². The molecule has 0 spiro atoms. The average molecular weight is 469 g/mol. The summed E-state index contributed by atoms with van der Waals surface area (Å²) in [6, 6.07) is 14.1. The minimum atomic E-state index is -0.639. The maximum Gasteiger partial charge on any atom is 0.341 e. The van der Waals surface area contributed by atoms with Gasteiger partial charge in [0.2, 0.25) is 5.91 Å². The van der Waals surface area contributed by atoms with Crippen LogP contribution in [0.5, 0.6) is 11.5 Å². The number of benzene rings is 2. The fourth-order valence-electron chi connectivity index (χ4n) is 3.19. The van der Waals surface area contributed by atoms with Gasteiger partial charge in [0.25, 0.3) is 5.91 Å². The zero-order valence-electron chi connectivity index (χ0n) is 18.7. The van der Waals surface area contributed by atoms with Crippen molar-refractivity contribution < 1.29 is 28.6 Å². The number of methoxy groups -OCH3 is 3. The van der Waals surface area contributed by atoms with Crippen molar-refractivity contribution in [1.29, 1.82) is 0 Å². The molecular weight excluding hydrogens is 444 g/mol. The van der Waals surface area contributed by atoms with E-state index in [0.717, 1.165) is 16.9 Å². The van der Waals surface area contributed by atoms with E-state index < -0.39 is 11.9 Å². The van der Waals surface area contributed by atoms with Gasteiger partial charge in [-0.1, -0.05) is 24.3 Å². The van der Waals surface area contributed by atoms with Crippen molar-refractivity contribution in [3.8, 4) is 11.5 Å². The van der Waals surface area contributed by atoms with Gasteiger partial charge in [0.15, 0.2) is 0 Å². The van der Waals surface area contributed by atoms with Crippen LogP contribution in [0.1, 0.15) is 31.2 Å². The van der Waals surface area contributed by atoms with Crippen molar-refractivity contribution in [2.24, 2.45) is 0 Å². The van der Waals surface area contributed by atoms with Crippen LogP contribution in [0.3, 0.4) is 0 Å². The lowest BCUT2D eigenvalue weighted by Gasteiger charge is -2.09. The molecule has 0 saturated carbocycles. The molecule has 33 heavy (non-hydrogen) atoms. The molecule has 1 aromatic heterocycles. The van der Waals surface area contributed by atoms with Crippen LogP contribution < -0.4 is 20.1 Å². The quantitative estimate of drug-likeness (QED) is 0.478. The number of thiophene rings is 1. The summed E-state index contributed by atoms with van der Waals surface area (Å²) in [7, 11) is 4.32. The Morgan fingerprint density at radius 2 is 1.61 bits per heavy atom. The van der Waals surface area contributed by atoms with Crippen LogP contribution in [0.25, 0.3) is 0 Å². The molecule has 2 amide bonds. The Morgan fingerprint density at radius 1 is 0.909 bits per heavy atom. The number of rotatable bonds is 8. The molecule has 8 nitrogen and oxygen atoms in total. The van der Waals surface area contributed by atoms with Gasteiger partial charge < -0.3 is 24.8 Å². The molecule has 0 unspecified atom stereocenters. The Morgan fingerprint density at radius 3 is 2.24 bits per heavy atom. The summed E-state index contributed by atoms with van der Waals surface area (Å²) in [5.74, 6) is -0.209. The number of nitrogens with one attached hydrogen (secondary N) is 2. The second-order valence-electron chi connectivity index (χ2n) is 6.98. The number of amides is 2. The van der Waals surface area contributed by atoms with Gasteiger partial charge in [0.05, 0.1) is 43.9 Å². The minimum Gasteiger partial charge on any atom is -0.497 e. The Hall–Kier alpha value is -3.85. The predicted octanol–water partition coefficient (Wildman–Crippen LogP) is 4.29. The van der Waals surface area contributed by atoms with Crippen LogP contribution in [0.4, 0.5) is 10.7 Å². The van der Waals surface area contributed by atoms with E-state index in [2.05, 4.69) is 10.6 Å². The number of carbonyl (C=O) groups excluding carboxylic acids is 3. The van der Waals surface area contributed by atoms with Crippen LogP contribution in [-0.2, 0) is 16.0 Å². The zero-order chi connectivity index (χ0) is 24.0. The first-order chi connectivity index (χ1) is 15.9. The van der Waals surface area contributed by atoms with E-state index in [0.29, 0.717) is 22.7 Å². The first-order valence-corrected chi connectivity index (χ1v) is 10.8. The van der Waals surface area contributed by atoms with Crippen LogP contribution in [0.2, 0.25) is 0 Å². The third kappa shape index (κ3) is 5.50. The number of ether oxygens (including phenoxy) is 3. The molecule has 0 aliphatic rings. The molecule has 0 radical (unpaired) electrons. The van der Waals surface area contributed by atoms with Gasteiger partial charge in [-0.25, -0.2) is 4.79 Å². The molecule has 9 heteroatoms. The van der Waals surface area contributed by atoms with Gasteiger partial charge in [0.1, 0.15) is 16.5 Å². The minimum absolute atomic E-state index is 0.0876. The molecular formula is C24H24N2O6S. The van der Waals surface area contributed by atoms with Gasteiger partial charge in [-0.3, -0.25) is 9.59 Å².